The summed E-state index contributed by atoms with van der Waals surface area (Å²) in [7, 11) is -4.04. The van der Waals surface area contributed by atoms with E-state index in [-0.39, 0.29) is 23.4 Å². The minimum absolute atomic E-state index is 0.0924. The Kier molecular flexibility index (Phi) is 9.41. The summed E-state index contributed by atoms with van der Waals surface area (Å²) < 4.78 is 28.6. The van der Waals surface area contributed by atoms with E-state index in [4.69, 9.17) is 0 Å². The summed E-state index contributed by atoms with van der Waals surface area (Å²) in [6.45, 7) is 3.45. The number of rotatable bonds is 10. The van der Waals surface area contributed by atoms with Crippen molar-refractivity contribution >= 4 is 27.5 Å². The van der Waals surface area contributed by atoms with Gasteiger partial charge in [0.2, 0.25) is 11.8 Å². The number of benzene rings is 3. The monoisotopic (exact) mass is 547 g/mol. The van der Waals surface area contributed by atoms with Crippen molar-refractivity contribution in [3.05, 3.63) is 96.1 Å². The van der Waals surface area contributed by atoms with Crippen LogP contribution in [-0.4, -0.2) is 43.8 Å². The van der Waals surface area contributed by atoms with Gasteiger partial charge in [-0.3, -0.25) is 13.9 Å². The summed E-state index contributed by atoms with van der Waals surface area (Å²) >= 11 is 0. The molecule has 3 aromatic carbocycles. The number of anilines is 1. The van der Waals surface area contributed by atoms with E-state index in [0.717, 1.165) is 41.1 Å². The van der Waals surface area contributed by atoms with Crippen LogP contribution in [0.2, 0.25) is 0 Å². The first-order valence-corrected chi connectivity index (χ1v) is 15.0. The average molecular weight is 548 g/mol. The van der Waals surface area contributed by atoms with Gasteiger partial charge in [0.1, 0.15) is 12.6 Å². The molecule has 0 aromatic heterocycles. The Morgan fingerprint density at radius 2 is 1.46 bits per heavy atom. The fourth-order valence-electron chi connectivity index (χ4n) is 4.88. The molecule has 1 aliphatic carbocycles. The molecule has 8 heteroatoms. The van der Waals surface area contributed by atoms with Crippen LogP contribution in [0, 0.1) is 6.92 Å². The molecule has 0 bridgehead atoms. The third-order valence-corrected chi connectivity index (χ3v) is 9.03. The maximum absolute atomic E-state index is 14.0. The van der Waals surface area contributed by atoms with E-state index < -0.39 is 28.5 Å². The van der Waals surface area contributed by atoms with Gasteiger partial charge in [-0.15, -0.1) is 0 Å². The quantitative estimate of drug-likeness (QED) is 0.385. The highest BCUT2D eigenvalue weighted by molar-refractivity contribution is 7.92. The molecule has 0 spiro atoms. The predicted molar refractivity (Wildman–Crippen MR) is 154 cm³/mol. The molecule has 1 aliphatic rings. The van der Waals surface area contributed by atoms with Crippen LogP contribution in [0.15, 0.2) is 89.8 Å². The van der Waals surface area contributed by atoms with Crippen LogP contribution in [0.1, 0.15) is 50.2 Å². The van der Waals surface area contributed by atoms with E-state index in [1.807, 2.05) is 31.2 Å². The van der Waals surface area contributed by atoms with Gasteiger partial charge >= 0.3 is 0 Å². The number of carbonyl (C=O) groups is 2. The van der Waals surface area contributed by atoms with Crippen LogP contribution in [0.5, 0.6) is 0 Å². The highest BCUT2D eigenvalue weighted by Gasteiger charge is 2.33. The number of hydrogen-bond donors (Lipinski definition) is 1. The van der Waals surface area contributed by atoms with E-state index in [2.05, 4.69) is 5.32 Å². The Labute approximate surface area is 231 Å². The van der Waals surface area contributed by atoms with E-state index in [1.165, 1.54) is 23.5 Å². The molecule has 0 saturated heterocycles. The minimum atomic E-state index is -4.04. The maximum Gasteiger partial charge on any atom is 0.264 e. The van der Waals surface area contributed by atoms with Crippen molar-refractivity contribution in [2.45, 2.75) is 69.5 Å². The van der Waals surface area contributed by atoms with Crippen molar-refractivity contribution in [1.82, 2.24) is 10.2 Å². The smallest absolute Gasteiger partial charge is 0.264 e. The molecule has 7 nitrogen and oxygen atoms in total. The topological polar surface area (TPSA) is 86.8 Å². The van der Waals surface area contributed by atoms with Crippen LogP contribution >= 0.6 is 0 Å². The largest absolute Gasteiger partial charge is 0.352 e. The van der Waals surface area contributed by atoms with Crippen molar-refractivity contribution in [1.29, 1.82) is 0 Å². The summed E-state index contributed by atoms with van der Waals surface area (Å²) in [5, 5.41) is 3.13. The molecular weight excluding hydrogens is 510 g/mol. The summed E-state index contributed by atoms with van der Waals surface area (Å²) in [6, 6.07) is 23.8. The normalized spacial score (nSPS) is 14.8. The van der Waals surface area contributed by atoms with Crippen LogP contribution in [0.3, 0.4) is 0 Å². The fourth-order valence-corrected chi connectivity index (χ4v) is 6.32. The van der Waals surface area contributed by atoms with Crippen LogP contribution in [0.25, 0.3) is 0 Å². The number of aryl methyl sites for hydroxylation is 1. The van der Waals surface area contributed by atoms with Gasteiger partial charge in [0.05, 0.1) is 10.6 Å². The molecule has 39 heavy (non-hydrogen) atoms. The molecule has 1 saturated carbocycles. The van der Waals surface area contributed by atoms with Gasteiger partial charge in [-0.2, -0.15) is 0 Å². The molecule has 0 heterocycles. The number of amides is 2. The first kappa shape index (κ1) is 28.4. The number of sulfonamides is 1. The summed E-state index contributed by atoms with van der Waals surface area (Å²) in [6.07, 6.45) is 5.19. The Morgan fingerprint density at radius 3 is 2.08 bits per heavy atom. The highest BCUT2D eigenvalue weighted by atomic mass is 32.2. The predicted octanol–water partition coefficient (Wildman–Crippen LogP) is 5.06. The molecule has 3 aromatic rings. The molecule has 1 N–H and O–H groups in total. The Bertz CT molecular complexity index is 1340. The molecule has 4 rings (SSSR count). The van der Waals surface area contributed by atoms with E-state index in [1.54, 1.807) is 55.5 Å². The molecule has 2 amide bonds. The van der Waals surface area contributed by atoms with Gasteiger partial charge in [-0.05, 0) is 56.5 Å². The highest BCUT2D eigenvalue weighted by Crippen LogP contribution is 2.24. The maximum atomic E-state index is 14.0. The standard InChI is InChI=1S/C31H37N3O4S/c1-24-18-20-26(21-19-24)22-33(25(2)31(36)32-27-12-6-3-7-13-27)30(35)23-34(28-14-8-4-9-15-28)39(37,38)29-16-10-5-11-17-29/h4-5,8-11,14-21,25,27H,3,6-7,12-13,22-23H2,1-2H3,(H,32,36). The van der Waals surface area contributed by atoms with Crippen LogP contribution in [0.4, 0.5) is 5.69 Å². The van der Waals surface area contributed by atoms with Crippen molar-refractivity contribution in [3.63, 3.8) is 0 Å². The van der Waals surface area contributed by atoms with Crippen LogP contribution in [-0.2, 0) is 26.2 Å². The molecular formula is C31H37N3O4S. The molecule has 206 valence electrons. The number of carbonyl (C=O) groups excluding carboxylic acids is 2. The van der Waals surface area contributed by atoms with E-state index >= 15 is 0 Å². The Morgan fingerprint density at radius 1 is 0.872 bits per heavy atom. The average Bonchev–Trinajstić information content (AvgIpc) is 2.96. The summed E-state index contributed by atoms with van der Waals surface area (Å²) in [5.41, 5.74) is 2.33. The number of nitrogens with zero attached hydrogens (tertiary/aromatic N) is 2. The first-order valence-electron chi connectivity index (χ1n) is 13.5. The van der Waals surface area contributed by atoms with Crippen molar-refractivity contribution < 1.29 is 18.0 Å². The van der Waals surface area contributed by atoms with Gasteiger partial charge in [0.15, 0.2) is 0 Å². The SMILES string of the molecule is Cc1ccc(CN(C(=O)CN(c2ccccc2)S(=O)(=O)c2ccccc2)C(C)C(=O)NC2CCCCC2)cc1. The fraction of sp³-hybridized carbons (Fsp3) is 0.355. The lowest BCUT2D eigenvalue weighted by molar-refractivity contribution is -0.139. The van der Waals surface area contributed by atoms with Gasteiger partial charge in [-0.25, -0.2) is 8.42 Å². The van der Waals surface area contributed by atoms with Gasteiger partial charge in [-0.1, -0.05) is 85.5 Å². The molecule has 0 radical (unpaired) electrons. The second-order valence-electron chi connectivity index (χ2n) is 10.2. The van der Waals surface area contributed by atoms with Crippen molar-refractivity contribution in [2.24, 2.45) is 0 Å². The lowest BCUT2D eigenvalue weighted by Crippen LogP contribution is -2.53. The zero-order valence-corrected chi connectivity index (χ0v) is 23.4. The Balaban J connectivity index is 1.64. The molecule has 0 aliphatic heterocycles. The summed E-state index contributed by atoms with van der Waals surface area (Å²) in [5.74, 6) is -0.676. The third-order valence-electron chi connectivity index (χ3n) is 7.25. The lowest BCUT2D eigenvalue weighted by atomic mass is 9.95. The minimum Gasteiger partial charge on any atom is -0.352 e. The number of para-hydroxylation sites is 1. The zero-order valence-electron chi connectivity index (χ0n) is 22.6. The number of hydrogen-bond acceptors (Lipinski definition) is 4. The van der Waals surface area contributed by atoms with Gasteiger partial charge in [0.25, 0.3) is 10.0 Å². The van der Waals surface area contributed by atoms with E-state index in [0.29, 0.717) is 5.69 Å². The molecule has 1 unspecified atom stereocenters. The van der Waals surface area contributed by atoms with Crippen LogP contribution < -0.4 is 9.62 Å². The van der Waals surface area contributed by atoms with Crippen molar-refractivity contribution in [3.8, 4) is 0 Å². The lowest BCUT2D eigenvalue weighted by Gasteiger charge is -2.33. The van der Waals surface area contributed by atoms with Gasteiger partial charge < -0.3 is 10.2 Å². The molecule has 1 atom stereocenters. The second kappa shape index (κ2) is 12.9. The summed E-state index contributed by atoms with van der Waals surface area (Å²) in [4.78, 5) is 28.9. The zero-order chi connectivity index (χ0) is 27.8. The first-order chi connectivity index (χ1) is 18.8. The van der Waals surface area contributed by atoms with Crippen molar-refractivity contribution in [2.75, 3.05) is 10.8 Å². The third kappa shape index (κ3) is 7.26. The number of nitrogens with one attached hydrogen (secondary N) is 1. The molecule has 1 fully saturated rings. The second-order valence-corrected chi connectivity index (χ2v) is 12.0. The van der Waals surface area contributed by atoms with E-state index in [9.17, 15) is 18.0 Å². The Hall–Kier alpha value is -3.65. The van der Waals surface area contributed by atoms with Gasteiger partial charge in [0, 0.05) is 12.6 Å².